The molecule has 2 N–H and O–H groups in total. The van der Waals surface area contributed by atoms with Crippen molar-refractivity contribution in [2.45, 2.75) is 31.6 Å². The van der Waals surface area contributed by atoms with Gasteiger partial charge in [-0.3, -0.25) is 0 Å². The Morgan fingerprint density at radius 1 is 1.48 bits per heavy atom. The Labute approximate surface area is 132 Å². The van der Waals surface area contributed by atoms with Crippen molar-refractivity contribution >= 4 is 11.6 Å². The van der Waals surface area contributed by atoms with Crippen molar-refractivity contribution in [2.24, 2.45) is 0 Å². The first-order chi connectivity index (χ1) is 10.2. The van der Waals surface area contributed by atoms with E-state index >= 15 is 0 Å². The van der Waals surface area contributed by atoms with Gasteiger partial charge in [0.1, 0.15) is 0 Å². The monoisotopic (exact) mass is 312 g/mol. The second-order valence-corrected chi connectivity index (χ2v) is 6.10. The second kappa shape index (κ2) is 8.71. The Morgan fingerprint density at radius 2 is 2.29 bits per heavy atom. The Bertz CT molecular complexity index is 430. The molecule has 2 unspecified atom stereocenters. The average Bonchev–Trinajstić information content (AvgIpc) is 2.87. The summed E-state index contributed by atoms with van der Waals surface area (Å²) in [5, 5.41) is 13.9. The highest BCUT2D eigenvalue weighted by atomic mass is 35.5. The van der Waals surface area contributed by atoms with Crippen LogP contribution in [0, 0.1) is 0 Å². The van der Waals surface area contributed by atoms with Gasteiger partial charge in [-0.2, -0.15) is 0 Å². The lowest BCUT2D eigenvalue weighted by atomic mass is 10.2. The van der Waals surface area contributed by atoms with E-state index in [9.17, 15) is 5.11 Å². The minimum absolute atomic E-state index is 0.318. The molecule has 0 aromatic heterocycles. The van der Waals surface area contributed by atoms with Gasteiger partial charge in [-0.05, 0) is 38.1 Å². The average molecular weight is 313 g/mol. The summed E-state index contributed by atoms with van der Waals surface area (Å²) < 4.78 is 5.52. The molecule has 2 rings (SSSR count). The van der Waals surface area contributed by atoms with Gasteiger partial charge in [0.25, 0.3) is 0 Å². The van der Waals surface area contributed by atoms with E-state index in [2.05, 4.69) is 17.3 Å². The zero-order valence-corrected chi connectivity index (χ0v) is 13.4. The van der Waals surface area contributed by atoms with Gasteiger partial charge in [0.2, 0.25) is 0 Å². The lowest BCUT2D eigenvalue weighted by Gasteiger charge is -2.20. The Hall–Kier alpha value is -0.650. The highest BCUT2D eigenvalue weighted by Crippen LogP contribution is 2.16. The number of benzene rings is 1. The fourth-order valence-electron chi connectivity index (χ4n) is 2.63. The van der Waals surface area contributed by atoms with Crippen LogP contribution in [0.4, 0.5) is 0 Å². The molecule has 1 aliphatic heterocycles. The van der Waals surface area contributed by atoms with Crippen LogP contribution in [0.5, 0.6) is 0 Å². The maximum Gasteiger partial charge on any atom is 0.0897 e. The van der Waals surface area contributed by atoms with E-state index < -0.39 is 6.10 Å². The van der Waals surface area contributed by atoms with Crippen LogP contribution in [-0.2, 0) is 11.3 Å². The third kappa shape index (κ3) is 5.57. The fourth-order valence-corrected chi connectivity index (χ4v) is 2.82. The highest BCUT2D eigenvalue weighted by molar-refractivity contribution is 6.31. The Kier molecular flexibility index (Phi) is 6.93. The molecule has 21 heavy (non-hydrogen) atoms. The van der Waals surface area contributed by atoms with E-state index in [4.69, 9.17) is 16.3 Å². The normalized spacial score (nSPS) is 20.8. The number of likely N-dealkylation sites (tertiary alicyclic amines) is 1. The maximum atomic E-state index is 9.90. The van der Waals surface area contributed by atoms with E-state index in [1.165, 1.54) is 19.4 Å². The van der Waals surface area contributed by atoms with Crippen LogP contribution in [0.25, 0.3) is 0 Å². The van der Waals surface area contributed by atoms with Gasteiger partial charge in [-0.25, -0.2) is 0 Å². The summed E-state index contributed by atoms with van der Waals surface area (Å²) in [6.07, 6.45) is 2.02. The largest absolute Gasteiger partial charge is 0.389 e. The smallest absolute Gasteiger partial charge is 0.0897 e. The summed E-state index contributed by atoms with van der Waals surface area (Å²) in [7, 11) is 2.16. The second-order valence-electron chi connectivity index (χ2n) is 5.70. The van der Waals surface area contributed by atoms with Crippen molar-refractivity contribution in [2.75, 3.05) is 33.3 Å². The molecule has 4 nitrogen and oxygen atoms in total. The minimum atomic E-state index is -0.487. The van der Waals surface area contributed by atoms with Crippen molar-refractivity contribution in [1.29, 1.82) is 0 Å². The first-order valence-electron chi connectivity index (χ1n) is 7.57. The van der Waals surface area contributed by atoms with Crippen molar-refractivity contribution in [3.8, 4) is 0 Å². The van der Waals surface area contributed by atoms with Crippen LogP contribution >= 0.6 is 11.6 Å². The van der Waals surface area contributed by atoms with Crippen molar-refractivity contribution in [1.82, 2.24) is 10.2 Å². The molecule has 0 saturated carbocycles. The van der Waals surface area contributed by atoms with Gasteiger partial charge < -0.3 is 20.1 Å². The van der Waals surface area contributed by atoms with Gasteiger partial charge in [-0.1, -0.05) is 29.8 Å². The van der Waals surface area contributed by atoms with Crippen molar-refractivity contribution in [3.63, 3.8) is 0 Å². The lowest BCUT2D eigenvalue weighted by Crippen LogP contribution is -2.39. The van der Waals surface area contributed by atoms with Crippen LogP contribution in [0.1, 0.15) is 18.4 Å². The molecule has 1 aromatic rings. The van der Waals surface area contributed by atoms with Gasteiger partial charge in [0.05, 0.1) is 19.3 Å². The standard InChI is InChI=1S/C16H25ClN2O2/c1-19-8-4-6-14(19)9-18-10-15(20)12-21-11-13-5-2-3-7-16(13)17/h2-3,5,7,14-15,18,20H,4,6,8-12H2,1H3. The zero-order valence-electron chi connectivity index (χ0n) is 12.6. The molecule has 0 spiro atoms. The van der Waals surface area contributed by atoms with E-state index in [1.54, 1.807) is 0 Å². The first kappa shape index (κ1) is 16.7. The number of ether oxygens (including phenoxy) is 1. The predicted octanol–water partition coefficient (Wildman–Crippen LogP) is 1.90. The van der Waals surface area contributed by atoms with Gasteiger partial charge in [-0.15, -0.1) is 0 Å². The molecule has 5 heteroatoms. The maximum absolute atomic E-state index is 9.90. The predicted molar refractivity (Wildman–Crippen MR) is 85.6 cm³/mol. The third-order valence-electron chi connectivity index (χ3n) is 3.96. The number of likely N-dealkylation sites (N-methyl/N-ethyl adjacent to an activating group) is 1. The summed E-state index contributed by atoms with van der Waals surface area (Å²) in [5.74, 6) is 0. The molecule has 0 amide bonds. The van der Waals surface area contributed by atoms with E-state index in [1.807, 2.05) is 24.3 Å². The molecule has 1 saturated heterocycles. The molecule has 0 bridgehead atoms. The molecule has 1 aromatic carbocycles. The summed E-state index contributed by atoms with van der Waals surface area (Å²) in [4.78, 5) is 2.37. The zero-order chi connectivity index (χ0) is 15.1. The molecule has 1 aliphatic rings. The van der Waals surface area contributed by atoms with E-state index in [-0.39, 0.29) is 0 Å². The Balaban J connectivity index is 1.57. The van der Waals surface area contributed by atoms with E-state index in [0.29, 0.717) is 30.8 Å². The number of nitrogens with one attached hydrogen (secondary N) is 1. The molecule has 118 valence electrons. The quantitative estimate of drug-likeness (QED) is 0.769. The van der Waals surface area contributed by atoms with Crippen molar-refractivity contribution < 1.29 is 9.84 Å². The third-order valence-corrected chi connectivity index (χ3v) is 4.33. The lowest BCUT2D eigenvalue weighted by molar-refractivity contribution is 0.0284. The van der Waals surface area contributed by atoms with Crippen LogP contribution < -0.4 is 5.32 Å². The number of hydrogen-bond donors (Lipinski definition) is 2. The van der Waals surface area contributed by atoms with Gasteiger partial charge in [0.15, 0.2) is 0 Å². The minimum Gasteiger partial charge on any atom is -0.389 e. The van der Waals surface area contributed by atoms with E-state index in [0.717, 1.165) is 12.1 Å². The molecule has 1 heterocycles. The number of aliphatic hydroxyl groups excluding tert-OH is 1. The number of nitrogens with zero attached hydrogens (tertiary/aromatic N) is 1. The topological polar surface area (TPSA) is 44.7 Å². The van der Waals surface area contributed by atoms with Crippen LogP contribution in [0.15, 0.2) is 24.3 Å². The van der Waals surface area contributed by atoms with Crippen molar-refractivity contribution in [3.05, 3.63) is 34.9 Å². The number of rotatable bonds is 8. The molecule has 0 radical (unpaired) electrons. The summed E-state index contributed by atoms with van der Waals surface area (Å²) in [6.45, 7) is 3.42. The molecule has 2 atom stereocenters. The summed E-state index contributed by atoms with van der Waals surface area (Å²) >= 11 is 6.05. The van der Waals surface area contributed by atoms with Crippen LogP contribution in [0.2, 0.25) is 5.02 Å². The highest BCUT2D eigenvalue weighted by Gasteiger charge is 2.20. The molecular formula is C16H25ClN2O2. The first-order valence-corrected chi connectivity index (χ1v) is 7.95. The Morgan fingerprint density at radius 3 is 3.00 bits per heavy atom. The number of hydrogen-bond acceptors (Lipinski definition) is 4. The van der Waals surface area contributed by atoms with Gasteiger partial charge in [0, 0.05) is 24.2 Å². The summed E-state index contributed by atoms with van der Waals surface area (Å²) in [6, 6.07) is 8.20. The SMILES string of the molecule is CN1CCCC1CNCC(O)COCc1ccccc1Cl. The van der Waals surface area contributed by atoms with Gasteiger partial charge >= 0.3 is 0 Å². The fraction of sp³-hybridized carbons (Fsp3) is 0.625. The number of aliphatic hydroxyl groups is 1. The molecule has 1 fully saturated rings. The molecular weight excluding hydrogens is 288 g/mol. The molecule has 0 aliphatic carbocycles. The number of halogens is 1. The van der Waals surface area contributed by atoms with Crippen LogP contribution in [0.3, 0.4) is 0 Å². The summed E-state index contributed by atoms with van der Waals surface area (Å²) in [5.41, 5.74) is 0.951. The van der Waals surface area contributed by atoms with Crippen LogP contribution in [-0.4, -0.2) is 55.4 Å².